The molecule has 0 aliphatic rings. The van der Waals surface area contributed by atoms with E-state index in [4.69, 9.17) is 16.3 Å². The van der Waals surface area contributed by atoms with Gasteiger partial charge in [0.25, 0.3) is 0 Å². The van der Waals surface area contributed by atoms with E-state index in [1.807, 2.05) is 55.5 Å². The van der Waals surface area contributed by atoms with Crippen LogP contribution < -0.4 is 4.74 Å². The summed E-state index contributed by atoms with van der Waals surface area (Å²) >= 11 is 5.99. The van der Waals surface area contributed by atoms with Gasteiger partial charge in [-0.2, -0.15) is 0 Å². The van der Waals surface area contributed by atoms with Gasteiger partial charge in [0.15, 0.2) is 5.75 Å². The number of halogens is 1. The van der Waals surface area contributed by atoms with Crippen LogP contribution in [0, 0.1) is 6.92 Å². The molecule has 1 aromatic heterocycles. The SMILES string of the molecule is Cc1ccc(Oc2cccc3cccnc23)c(CCl)c1. The van der Waals surface area contributed by atoms with Gasteiger partial charge in [0.2, 0.25) is 0 Å². The summed E-state index contributed by atoms with van der Waals surface area (Å²) in [7, 11) is 0. The molecule has 3 rings (SSSR count). The molecule has 0 aliphatic heterocycles. The van der Waals surface area contributed by atoms with Crippen molar-refractivity contribution in [1.29, 1.82) is 0 Å². The van der Waals surface area contributed by atoms with E-state index in [0.717, 1.165) is 28.0 Å². The van der Waals surface area contributed by atoms with Crippen LogP contribution in [0.4, 0.5) is 0 Å². The van der Waals surface area contributed by atoms with Gasteiger partial charge >= 0.3 is 0 Å². The molecule has 0 saturated heterocycles. The predicted molar refractivity (Wildman–Crippen MR) is 82.6 cm³/mol. The van der Waals surface area contributed by atoms with Gasteiger partial charge in [0.05, 0.1) is 5.88 Å². The van der Waals surface area contributed by atoms with Crippen molar-refractivity contribution in [2.45, 2.75) is 12.8 Å². The maximum absolute atomic E-state index is 6.02. The molecular formula is C17H14ClNO. The van der Waals surface area contributed by atoms with Crippen LogP contribution in [0.5, 0.6) is 11.5 Å². The molecule has 20 heavy (non-hydrogen) atoms. The van der Waals surface area contributed by atoms with Crippen molar-refractivity contribution >= 4 is 22.5 Å². The summed E-state index contributed by atoms with van der Waals surface area (Å²) in [6.07, 6.45) is 1.77. The zero-order chi connectivity index (χ0) is 13.9. The molecule has 0 atom stereocenters. The van der Waals surface area contributed by atoms with Gasteiger partial charge < -0.3 is 4.74 Å². The molecule has 3 heteroatoms. The first kappa shape index (κ1) is 12.9. The predicted octanol–water partition coefficient (Wildman–Crippen LogP) is 5.07. The second kappa shape index (κ2) is 5.51. The highest BCUT2D eigenvalue weighted by atomic mass is 35.5. The lowest BCUT2D eigenvalue weighted by Gasteiger charge is -2.11. The van der Waals surface area contributed by atoms with E-state index in [-0.39, 0.29) is 0 Å². The second-order valence-corrected chi connectivity index (χ2v) is 4.95. The number of nitrogens with zero attached hydrogens (tertiary/aromatic N) is 1. The molecule has 0 spiro atoms. The lowest BCUT2D eigenvalue weighted by Crippen LogP contribution is -1.92. The fourth-order valence-electron chi connectivity index (χ4n) is 2.19. The Morgan fingerprint density at radius 3 is 2.75 bits per heavy atom. The summed E-state index contributed by atoms with van der Waals surface area (Å²) < 4.78 is 6.02. The van der Waals surface area contributed by atoms with E-state index in [2.05, 4.69) is 4.98 Å². The minimum absolute atomic E-state index is 0.426. The molecular weight excluding hydrogens is 270 g/mol. The molecule has 0 N–H and O–H groups in total. The Morgan fingerprint density at radius 2 is 1.90 bits per heavy atom. The molecule has 1 heterocycles. The first-order chi connectivity index (χ1) is 9.78. The van der Waals surface area contributed by atoms with Gasteiger partial charge in [0, 0.05) is 17.1 Å². The van der Waals surface area contributed by atoms with E-state index < -0.39 is 0 Å². The lowest BCUT2D eigenvalue weighted by molar-refractivity contribution is 0.482. The fraction of sp³-hybridized carbons (Fsp3) is 0.118. The third kappa shape index (κ3) is 2.47. The van der Waals surface area contributed by atoms with Crippen molar-refractivity contribution < 1.29 is 4.74 Å². The molecule has 0 amide bonds. The number of rotatable bonds is 3. The van der Waals surface area contributed by atoms with Crippen LogP contribution in [0.3, 0.4) is 0 Å². The third-order valence-corrected chi connectivity index (χ3v) is 3.46. The fourth-order valence-corrected chi connectivity index (χ4v) is 2.40. The average Bonchev–Trinajstić information content (AvgIpc) is 2.49. The van der Waals surface area contributed by atoms with Crippen molar-refractivity contribution in [2.24, 2.45) is 0 Å². The van der Waals surface area contributed by atoms with E-state index in [1.165, 1.54) is 5.56 Å². The van der Waals surface area contributed by atoms with E-state index >= 15 is 0 Å². The standard InChI is InChI=1S/C17H14ClNO/c1-12-7-8-15(14(10-12)11-18)20-16-6-2-4-13-5-3-9-19-17(13)16/h2-10H,11H2,1H3. The van der Waals surface area contributed by atoms with Crippen molar-refractivity contribution in [3.05, 3.63) is 65.9 Å². The first-order valence-electron chi connectivity index (χ1n) is 6.45. The molecule has 0 saturated carbocycles. The van der Waals surface area contributed by atoms with Crippen LogP contribution in [-0.2, 0) is 5.88 Å². The molecule has 0 fully saturated rings. The maximum atomic E-state index is 6.02. The van der Waals surface area contributed by atoms with Crippen LogP contribution >= 0.6 is 11.6 Å². The zero-order valence-corrected chi connectivity index (χ0v) is 11.9. The van der Waals surface area contributed by atoms with Crippen molar-refractivity contribution in [2.75, 3.05) is 0 Å². The normalized spacial score (nSPS) is 10.7. The van der Waals surface area contributed by atoms with Gasteiger partial charge in [-0.1, -0.05) is 35.9 Å². The van der Waals surface area contributed by atoms with Gasteiger partial charge in [0.1, 0.15) is 11.3 Å². The number of pyridine rings is 1. The maximum Gasteiger partial charge on any atom is 0.153 e. The Hall–Kier alpha value is -2.06. The Labute approximate surface area is 123 Å². The molecule has 0 aliphatic carbocycles. The van der Waals surface area contributed by atoms with Crippen molar-refractivity contribution in [1.82, 2.24) is 4.98 Å². The minimum Gasteiger partial charge on any atom is -0.455 e. The summed E-state index contributed by atoms with van der Waals surface area (Å²) in [5, 5.41) is 1.06. The number of alkyl halides is 1. The molecule has 3 aromatic rings. The Balaban J connectivity index is 2.05. The Kier molecular flexibility index (Phi) is 3.57. The van der Waals surface area contributed by atoms with Gasteiger partial charge in [-0.3, -0.25) is 4.98 Å². The summed E-state index contributed by atoms with van der Waals surface area (Å²) in [5.41, 5.74) is 3.01. The number of benzene rings is 2. The topological polar surface area (TPSA) is 22.1 Å². The van der Waals surface area contributed by atoms with Crippen molar-refractivity contribution in [3.8, 4) is 11.5 Å². The van der Waals surface area contributed by atoms with Crippen LogP contribution in [0.15, 0.2) is 54.7 Å². The number of para-hydroxylation sites is 1. The Bertz CT molecular complexity index is 750. The van der Waals surface area contributed by atoms with E-state index in [9.17, 15) is 0 Å². The average molecular weight is 284 g/mol. The number of aromatic nitrogens is 1. The number of hydrogen-bond donors (Lipinski definition) is 0. The highest BCUT2D eigenvalue weighted by Crippen LogP contribution is 2.31. The van der Waals surface area contributed by atoms with Crippen LogP contribution in [0.2, 0.25) is 0 Å². The summed E-state index contributed by atoms with van der Waals surface area (Å²) in [6.45, 7) is 2.04. The van der Waals surface area contributed by atoms with E-state index in [0.29, 0.717) is 5.88 Å². The third-order valence-electron chi connectivity index (χ3n) is 3.18. The summed E-state index contributed by atoms with van der Waals surface area (Å²) in [5.74, 6) is 1.96. The molecule has 2 nitrogen and oxygen atoms in total. The number of hydrogen-bond acceptors (Lipinski definition) is 2. The summed E-state index contributed by atoms with van der Waals surface area (Å²) in [4.78, 5) is 4.39. The van der Waals surface area contributed by atoms with Crippen LogP contribution in [0.1, 0.15) is 11.1 Å². The monoisotopic (exact) mass is 283 g/mol. The number of fused-ring (bicyclic) bond motifs is 1. The molecule has 100 valence electrons. The van der Waals surface area contributed by atoms with E-state index in [1.54, 1.807) is 6.20 Å². The Morgan fingerprint density at radius 1 is 1.05 bits per heavy atom. The van der Waals surface area contributed by atoms with Gasteiger partial charge in [-0.25, -0.2) is 0 Å². The summed E-state index contributed by atoms with van der Waals surface area (Å²) in [6, 6.07) is 15.9. The van der Waals surface area contributed by atoms with Crippen LogP contribution in [0.25, 0.3) is 10.9 Å². The molecule has 0 radical (unpaired) electrons. The molecule has 2 aromatic carbocycles. The highest BCUT2D eigenvalue weighted by molar-refractivity contribution is 6.17. The number of aryl methyl sites for hydroxylation is 1. The van der Waals surface area contributed by atoms with Crippen molar-refractivity contribution in [3.63, 3.8) is 0 Å². The first-order valence-corrected chi connectivity index (χ1v) is 6.98. The van der Waals surface area contributed by atoms with Gasteiger partial charge in [-0.05, 0) is 25.1 Å². The minimum atomic E-state index is 0.426. The lowest BCUT2D eigenvalue weighted by atomic mass is 10.1. The van der Waals surface area contributed by atoms with Gasteiger partial charge in [-0.15, -0.1) is 11.6 Å². The molecule has 0 bridgehead atoms. The van der Waals surface area contributed by atoms with Crippen LogP contribution in [-0.4, -0.2) is 4.98 Å². The largest absolute Gasteiger partial charge is 0.455 e. The zero-order valence-electron chi connectivity index (χ0n) is 11.1. The smallest absolute Gasteiger partial charge is 0.153 e. The number of ether oxygens (including phenoxy) is 1. The second-order valence-electron chi connectivity index (χ2n) is 4.68. The molecule has 0 unspecified atom stereocenters. The highest BCUT2D eigenvalue weighted by Gasteiger charge is 2.08. The quantitative estimate of drug-likeness (QED) is 0.626.